The number of carboxylic acid groups (broad SMARTS) is 2. The van der Waals surface area contributed by atoms with Gasteiger partial charge in [0.1, 0.15) is 5.75 Å². The molecule has 0 spiro atoms. The molecule has 0 aromatic heterocycles. The van der Waals surface area contributed by atoms with Crippen LogP contribution in [0.15, 0.2) is 24.3 Å². The fourth-order valence-corrected chi connectivity index (χ4v) is 2.45. The summed E-state index contributed by atoms with van der Waals surface area (Å²) < 4.78 is 22.7. The summed E-state index contributed by atoms with van der Waals surface area (Å²) >= 11 is 0. The molecule has 7 heteroatoms. The molecule has 92 valence electrons. The summed E-state index contributed by atoms with van der Waals surface area (Å²) in [5.74, 6) is -4.05. The second-order valence-electron chi connectivity index (χ2n) is 3.43. The van der Waals surface area contributed by atoms with Gasteiger partial charge >= 0.3 is 11.9 Å². The Balaban J connectivity index is 2.92. The van der Waals surface area contributed by atoms with Crippen molar-refractivity contribution in [3.05, 3.63) is 35.4 Å². The molecule has 0 heterocycles. The van der Waals surface area contributed by atoms with Crippen LogP contribution >= 0.6 is 0 Å². The van der Waals surface area contributed by atoms with Gasteiger partial charge in [0.25, 0.3) is 0 Å². The van der Waals surface area contributed by atoms with E-state index >= 15 is 0 Å². The predicted molar refractivity (Wildman–Crippen MR) is 58.5 cm³/mol. The second kappa shape index (κ2) is 4.96. The van der Waals surface area contributed by atoms with Crippen LogP contribution in [0.2, 0.25) is 0 Å². The average Bonchev–Trinajstić information content (AvgIpc) is 2.14. The van der Waals surface area contributed by atoms with Crippen LogP contribution in [-0.2, 0) is 20.4 Å². The number of aromatic carboxylic acids is 1. The van der Waals surface area contributed by atoms with Crippen molar-refractivity contribution in [1.29, 1.82) is 0 Å². The van der Waals surface area contributed by atoms with Crippen molar-refractivity contribution in [2.75, 3.05) is 5.75 Å². The first-order valence-corrected chi connectivity index (χ1v) is 6.37. The highest BCUT2D eigenvalue weighted by atomic mass is 32.2. The Hall–Kier alpha value is -1.89. The molecule has 0 aliphatic rings. The third-order valence-corrected chi connectivity index (χ3v) is 3.36. The first kappa shape index (κ1) is 13.2. The Morgan fingerprint density at radius 3 is 2.35 bits per heavy atom. The van der Waals surface area contributed by atoms with Gasteiger partial charge in [0.05, 0.1) is 11.3 Å². The number of aliphatic carboxylic acids is 1. The molecule has 0 aliphatic carbocycles. The van der Waals surface area contributed by atoms with E-state index in [1.165, 1.54) is 24.3 Å². The van der Waals surface area contributed by atoms with Gasteiger partial charge in [-0.1, -0.05) is 12.1 Å². The van der Waals surface area contributed by atoms with Crippen LogP contribution in [-0.4, -0.2) is 36.3 Å². The number of carbonyl (C=O) groups is 2. The summed E-state index contributed by atoms with van der Waals surface area (Å²) in [6, 6.07) is 5.39. The summed E-state index contributed by atoms with van der Waals surface area (Å²) in [7, 11) is -3.77. The lowest BCUT2D eigenvalue weighted by atomic mass is 10.1. The van der Waals surface area contributed by atoms with E-state index in [-0.39, 0.29) is 11.1 Å². The largest absolute Gasteiger partial charge is 0.480 e. The lowest BCUT2D eigenvalue weighted by Gasteiger charge is -2.03. The standard InChI is InChI=1S/C10H10O6S/c11-9(12)6-17(15,16)5-7-2-1-3-8(4-7)10(13)14/h1-4H,5-6H2,(H,11,12)(H,13,14). The van der Waals surface area contributed by atoms with Crippen molar-refractivity contribution in [2.24, 2.45) is 0 Å². The zero-order chi connectivity index (χ0) is 13.1. The van der Waals surface area contributed by atoms with Crippen molar-refractivity contribution < 1.29 is 28.2 Å². The zero-order valence-electron chi connectivity index (χ0n) is 8.66. The summed E-state index contributed by atoms with van der Waals surface area (Å²) in [6.07, 6.45) is 0. The van der Waals surface area contributed by atoms with Gasteiger partial charge in [-0.25, -0.2) is 13.2 Å². The van der Waals surface area contributed by atoms with Crippen LogP contribution in [0.4, 0.5) is 0 Å². The van der Waals surface area contributed by atoms with E-state index in [1.54, 1.807) is 0 Å². The van der Waals surface area contributed by atoms with E-state index in [0.29, 0.717) is 0 Å². The van der Waals surface area contributed by atoms with E-state index in [2.05, 4.69) is 0 Å². The minimum Gasteiger partial charge on any atom is -0.480 e. The molecule has 1 rings (SSSR count). The number of rotatable bonds is 5. The highest BCUT2D eigenvalue weighted by molar-refractivity contribution is 7.91. The molecule has 0 bridgehead atoms. The monoisotopic (exact) mass is 258 g/mol. The lowest BCUT2D eigenvalue weighted by Crippen LogP contribution is -2.17. The quantitative estimate of drug-likeness (QED) is 0.790. The Morgan fingerprint density at radius 2 is 1.82 bits per heavy atom. The fourth-order valence-electron chi connectivity index (χ4n) is 1.29. The molecule has 0 atom stereocenters. The van der Waals surface area contributed by atoms with Gasteiger partial charge in [-0.3, -0.25) is 4.79 Å². The molecule has 0 saturated carbocycles. The minimum absolute atomic E-state index is 0.0342. The van der Waals surface area contributed by atoms with E-state index in [1.807, 2.05) is 0 Å². The van der Waals surface area contributed by atoms with Crippen LogP contribution in [0.3, 0.4) is 0 Å². The molecule has 1 aromatic carbocycles. The molecule has 6 nitrogen and oxygen atoms in total. The van der Waals surface area contributed by atoms with E-state index in [0.717, 1.165) is 0 Å². The van der Waals surface area contributed by atoms with Gasteiger partial charge in [0.2, 0.25) is 0 Å². The van der Waals surface area contributed by atoms with Crippen molar-refractivity contribution in [3.8, 4) is 0 Å². The normalized spacial score (nSPS) is 11.1. The van der Waals surface area contributed by atoms with Gasteiger partial charge in [0, 0.05) is 0 Å². The highest BCUT2D eigenvalue weighted by Crippen LogP contribution is 2.10. The van der Waals surface area contributed by atoms with Gasteiger partial charge < -0.3 is 10.2 Å². The number of benzene rings is 1. The smallest absolute Gasteiger partial charge is 0.335 e. The average molecular weight is 258 g/mol. The van der Waals surface area contributed by atoms with Crippen molar-refractivity contribution in [2.45, 2.75) is 5.75 Å². The summed E-state index contributed by atoms with van der Waals surface area (Å²) in [5, 5.41) is 17.1. The molecule has 1 aromatic rings. The Bertz CT molecular complexity index is 546. The second-order valence-corrected chi connectivity index (χ2v) is 5.50. The third kappa shape index (κ3) is 4.23. The van der Waals surface area contributed by atoms with Gasteiger partial charge in [-0.2, -0.15) is 0 Å². The molecule has 2 N–H and O–H groups in total. The van der Waals surface area contributed by atoms with Crippen LogP contribution in [0.1, 0.15) is 15.9 Å². The molecule has 0 radical (unpaired) electrons. The minimum atomic E-state index is -3.77. The molecular weight excluding hydrogens is 248 g/mol. The van der Waals surface area contributed by atoms with E-state index in [9.17, 15) is 18.0 Å². The van der Waals surface area contributed by atoms with E-state index < -0.39 is 33.3 Å². The molecule has 0 amide bonds. The summed E-state index contributed by atoms with van der Waals surface area (Å²) in [6.45, 7) is 0. The summed E-state index contributed by atoms with van der Waals surface area (Å²) in [5.41, 5.74) is 0.221. The van der Waals surface area contributed by atoms with Crippen molar-refractivity contribution in [3.63, 3.8) is 0 Å². The first-order chi connectivity index (χ1) is 7.80. The molecule has 0 fully saturated rings. The molecule has 17 heavy (non-hydrogen) atoms. The highest BCUT2D eigenvalue weighted by Gasteiger charge is 2.17. The number of hydrogen-bond acceptors (Lipinski definition) is 4. The fraction of sp³-hybridized carbons (Fsp3) is 0.200. The maximum absolute atomic E-state index is 11.4. The summed E-state index contributed by atoms with van der Waals surface area (Å²) in [4.78, 5) is 21.0. The van der Waals surface area contributed by atoms with Crippen LogP contribution in [0.5, 0.6) is 0 Å². The topological polar surface area (TPSA) is 109 Å². The molecule has 0 saturated heterocycles. The molecule has 0 aliphatic heterocycles. The predicted octanol–water partition coefficient (Wildman–Crippen LogP) is 0.384. The van der Waals surface area contributed by atoms with E-state index in [4.69, 9.17) is 10.2 Å². The van der Waals surface area contributed by atoms with Gasteiger partial charge in [0.15, 0.2) is 9.84 Å². The number of sulfone groups is 1. The van der Waals surface area contributed by atoms with Crippen LogP contribution in [0.25, 0.3) is 0 Å². The number of hydrogen-bond donors (Lipinski definition) is 2. The van der Waals surface area contributed by atoms with Gasteiger partial charge in [-0.05, 0) is 17.7 Å². The van der Waals surface area contributed by atoms with Crippen molar-refractivity contribution >= 4 is 21.8 Å². The Labute approximate surface area is 97.4 Å². The molecule has 0 unspecified atom stereocenters. The maximum atomic E-state index is 11.4. The molecular formula is C10H10O6S. The van der Waals surface area contributed by atoms with Gasteiger partial charge in [-0.15, -0.1) is 0 Å². The maximum Gasteiger partial charge on any atom is 0.335 e. The van der Waals surface area contributed by atoms with Crippen LogP contribution in [0, 0.1) is 0 Å². The SMILES string of the molecule is O=C(O)CS(=O)(=O)Cc1cccc(C(=O)O)c1. The zero-order valence-corrected chi connectivity index (χ0v) is 9.48. The van der Waals surface area contributed by atoms with Crippen LogP contribution < -0.4 is 0 Å². The number of carboxylic acids is 2. The lowest BCUT2D eigenvalue weighted by molar-refractivity contribution is -0.134. The first-order valence-electron chi connectivity index (χ1n) is 4.54. The third-order valence-electron chi connectivity index (χ3n) is 1.90. The van der Waals surface area contributed by atoms with Crippen molar-refractivity contribution in [1.82, 2.24) is 0 Å². The Morgan fingerprint density at radius 1 is 1.18 bits per heavy atom. The Kier molecular flexibility index (Phi) is 3.84.